The van der Waals surface area contributed by atoms with Gasteiger partial charge in [0, 0.05) is 5.69 Å². The van der Waals surface area contributed by atoms with E-state index in [1.165, 1.54) is 19.2 Å². The second-order valence-electron chi connectivity index (χ2n) is 6.02. The van der Waals surface area contributed by atoms with E-state index < -0.39 is 18.5 Å². The number of carbonyl (C=O) groups is 2. The lowest BCUT2D eigenvalue weighted by atomic mass is 10.2. The van der Waals surface area contributed by atoms with Gasteiger partial charge in [-0.05, 0) is 54.6 Å². The largest absolute Gasteiger partial charge is 0.495 e. The molecule has 0 spiro atoms. The lowest BCUT2D eigenvalue weighted by Crippen LogP contribution is -2.21. The first-order chi connectivity index (χ1) is 14.0. The number of nitrogens with two attached hydrogens (primary N) is 1. The Labute approximate surface area is 168 Å². The Hall–Kier alpha value is -4.00. The minimum Gasteiger partial charge on any atom is -0.495 e. The van der Waals surface area contributed by atoms with Crippen LogP contribution in [0.15, 0.2) is 72.8 Å². The first-order valence-corrected chi connectivity index (χ1v) is 8.78. The van der Waals surface area contributed by atoms with Crippen molar-refractivity contribution in [3.63, 3.8) is 0 Å². The second kappa shape index (κ2) is 9.27. The third kappa shape index (κ3) is 5.49. The van der Waals surface area contributed by atoms with Crippen LogP contribution in [0, 0.1) is 0 Å². The molecule has 0 aromatic heterocycles. The van der Waals surface area contributed by atoms with Gasteiger partial charge in [0.25, 0.3) is 5.91 Å². The van der Waals surface area contributed by atoms with Gasteiger partial charge in [-0.1, -0.05) is 18.2 Å². The number of esters is 1. The zero-order valence-corrected chi connectivity index (χ0v) is 15.8. The van der Waals surface area contributed by atoms with E-state index in [1.54, 1.807) is 30.3 Å². The van der Waals surface area contributed by atoms with Crippen molar-refractivity contribution in [1.82, 2.24) is 0 Å². The van der Waals surface area contributed by atoms with E-state index in [0.717, 1.165) is 5.75 Å². The maximum absolute atomic E-state index is 12.1. The number of nitrogen functional groups attached to an aromatic ring is 1. The molecular weight excluding hydrogens is 372 g/mol. The molecule has 7 nitrogen and oxygen atoms in total. The topological polar surface area (TPSA) is 99.9 Å². The van der Waals surface area contributed by atoms with Crippen LogP contribution in [0.25, 0.3) is 0 Å². The SMILES string of the molecule is COc1ccc(C(=O)OCC(=O)Nc2ccc(Oc3ccccc3)cc2)cc1N. The molecule has 3 aromatic carbocycles. The molecule has 3 rings (SSSR count). The number of benzene rings is 3. The summed E-state index contributed by atoms with van der Waals surface area (Å²) in [6, 6.07) is 20.7. The molecule has 0 aliphatic heterocycles. The van der Waals surface area contributed by atoms with E-state index in [1.807, 2.05) is 30.3 Å². The highest BCUT2D eigenvalue weighted by Gasteiger charge is 2.12. The Bertz CT molecular complexity index is 988. The molecule has 3 N–H and O–H groups in total. The van der Waals surface area contributed by atoms with E-state index in [4.69, 9.17) is 19.9 Å². The molecule has 1 amide bonds. The summed E-state index contributed by atoms with van der Waals surface area (Å²) in [7, 11) is 1.48. The van der Waals surface area contributed by atoms with Crippen molar-refractivity contribution in [2.75, 3.05) is 24.8 Å². The maximum Gasteiger partial charge on any atom is 0.338 e. The Morgan fingerprint density at radius 1 is 0.931 bits per heavy atom. The zero-order chi connectivity index (χ0) is 20.6. The van der Waals surface area contributed by atoms with Crippen LogP contribution in [-0.2, 0) is 9.53 Å². The van der Waals surface area contributed by atoms with Gasteiger partial charge in [-0.25, -0.2) is 4.79 Å². The molecule has 0 aliphatic rings. The second-order valence-corrected chi connectivity index (χ2v) is 6.02. The van der Waals surface area contributed by atoms with Crippen LogP contribution in [0.4, 0.5) is 11.4 Å². The number of hydrogen-bond acceptors (Lipinski definition) is 6. The standard InChI is InChI=1S/C22H20N2O5/c1-27-20-12-7-15(13-19(20)23)22(26)28-14-21(25)24-16-8-10-18(11-9-16)29-17-5-3-2-4-6-17/h2-13H,14,23H2,1H3,(H,24,25). The monoisotopic (exact) mass is 392 g/mol. The van der Waals surface area contributed by atoms with E-state index >= 15 is 0 Å². The van der Waals surface area contributed by atoms with Crippen molar-refractivity contribution in [3.05, 3.63) is 78.4 Å². The first kappa shape index (κ1) is 19.8. The molecule has 0 bridgehead atoms. The van der Waals surface area contributed by atoms with Gasteiger partial charge >= 0.3 is 5.97 Å². The molecule has 0 atom stereocenters. The van der Waals surface area contributed by atoms with Crippen LogP contribution in [0.3, 0.4) is 0 Å². The maximum atomic E-state index is 12.1. The van der Waals surface area contributed by atoms with Crippen LogP contribution >= 0.6 is 0 Å². The normalized spacial score (nSPS) is 10.1. The minimum absolute atomic E-state index is 0.235. The molecule has 0 heterocycles. The van der Waals surface area contributed by atoms with Crippen molar-refractivity contribution in [2.45, 2.75) is 0 Å². The molecule has 0 fully saturated rings. The number of nitrogens with one attached hydrogen (secondary N) is 1. The number of methoxy groups -OCH3 is 1. The molecule has 148 valence electrons. The third-order valence-electron chi connectivity index (χ3n) is 3.92. The summed E-state index contributed by atoms with van der Waals surface area (Å²) in [5.74, 6) is 0.699. The minimum atomic E-state index is -0.652. The fourth-order valence-corrected chi connectivity index (χ4v) is 2.50. The fourth-order valence-electron chi connectivity index (χ4n) is 2.50. The zero-order valence-electron chi connectivity index (χ0n) is 15.8. The van der Waals surface area contributed by atoms with Gasteiger partial charge in [0.15, 0.2) is 6.61 Å². The summed E-state index contributed by atoms with van der Waals surface area (Å²) in [5.41, 5.74) is 6.87. The average Bonchev–Trinajstić information content (AvgIpc) is 2.74. The van der Waals surface area contributed by atoms with Crippen LogP contribution in [0.1, 0.15) is 10.4 Å². The van der Waals surface area contributed by atoms with Gasteiger partial charge in [-0.2, -0.15) is 0 Å². The summed E-state index contributed by atoms with van der Waals surface area (Å²) < 4.78 is 15.7. The van der Waals surface area contributed by atoms with E-state index in [0.29, 0.717) is 22.9 Å². The number of ether oxygens (including phenoxy) is 3. The summed E-state index contributed by atoms with van der Waals surface area (Å²) >= 11 is 0. The molecule has 7 heteroatoms. The Morgan fingerprint density at radius 3 is 2.28 bits per heavy atom. The van der Waals surface area contributed by atoms with Crippen LogP contribution in [-0.4, -0.2) is 25.6 Å². The number of carbonyl (C=O) groups excluding carboxylic acids is 2. The summed E-state index contributed by atoms with van der Waals surface area (Å²) in [6.07, 6.45) is 0. The summed E-state index contributed by atoms with van der Waals surface area (Å²) in [5, 5.41) is 2.65. The molecule has 29 heavy (non-hydrogen) atoms. The Morgan fingerprint density at radius 2 is 1.62 bits per heavy atom. The van der Waals surface area contributed by atoms with E-state index in [-0.39, 0.29) is 5.56 Å². The van der Waals surface area contributed by atoms with Gasteiger partial charge in [0.2, 0.25) is 0 Å². The van der Waals surface area contributed by atoms with Gasteiger partial charge in [0.1, 0.15) is 17.2 Å². The highest BCUT2D eigenvalue weighted by molar-refractivity contribution is 5.96. The van der Waals surface area contributed by atoms with Gasteiger partial charge < -0.3 is 25.3 Å². The third-order valence-corrected chi connectivity index (χ3v) is 3.92. The number of hydrogen-bond donors (Lipinski definition) is 2. The van der Waals surface area contributed by atoms with Crippen molar-refractivity contribution in [1.29, 1.82) is 0 Å². The van der Waals surface area contributed by atoms with Crippen LogP contribution < -0.4 is 20.5 Å². The smallest absolute Gasteiger partial charge is 0.338 e. The van der Waals surface area contributed by atoms with Gasteiger partial charge in [-0.3, -0.25) is 4.79 Å². The van der Waals surface area contributed by atoms with Crippen molar-refractivity contribution in [3.8, 4) is 17.2 Å². The molecular formula is C22H20N2O5. The van der Waals surface area contributed by atoms with Crippen molar-refractivity contribution in [2.24, 2.45) is 0 Å². The molecule has 0 saturated carbocycles. The Balaban J connectivity index is 1.50. The predicted octanol–water partition coefficient (Wildman–Crippen LogP) is 3.87. The molecule has 0 saturated heterocycles. The average molecular weight is 392 g/mol. The van der Waals surface area contributed by atoms with Crippen LogP contribution in [0.2, 0.25) is 0 Å². The van der Waals surface area contributed by atoms with Crippen molar-refractivity contribution < 1.29 is 23.8 Å². The van der Waals surface area contributed by atoms with E-state index in [2.05, 4.69) is 5.32 Å². The molecule has 3 aromatic rings. The highest BCUT2D eigenvalue weighted by Crippen LogP contribution is 2.23. The predicted molar refractivity (Wildman–Crippen MR) is 109 cm³/mol. The lowest BCUT2D eigenvalue weighted by Gasteiger charge is -2.09. The van der Waals surface area contributed by atoms with Gasteiger partial charge in [0.05, 0.1) is 18.4 Å². The quantitative estimate of drug-likeness (QED) is 0.468. The first-order valence-electron chi connectivity index (χ1n) is 8.78. The molecule has 0 aliphatic carbocycles. The van der Waals surface area contributed by atoms with Crippen molar-refractivity contribution >= 4 is 23.3 Å². The van der Waals surface area contributed by atoms with E-state index in [9.17, 15) is 9.59 Å². The molecule has 0 radical (unpaired) electrons. The highest BCUT2D eigenvalue weighted by atomic mass is 16.5. The fraction of sp³-hybridized carbons (Fsp3) is 0.0909. The number of para-hydroxylation sites is 1. The summed E-state index contributed by atoms with van der Waals surface area (Å²) in [4.78, 5) is 24.1. The number of amides is 1. The number of anilines is 2. The van der Waals surface area contributed by atoms with Crippen LogP contribution in [0.5, 0.6) is 17.2 Å². The van der Waals surface area contributed by atoms with Gasteiger partial charge in [-0.15, -0.1) is 0 Å². The lowest BCUT2D eigenvalue weighted by molar-refractivity contribution is -0.119. The number of rotatable bonds is 7. The molecule has 0 unspecified atom stereocenters. The Kier molecular flexibility index (Phi) is 6.32. The summed E-state index contributed by atoms with van der Waals surface area (Å²) in [6.45, 7) is -0.424.